The van der Waals surface area contributed by atoms with Gasteiger partial charge in [0.1, 0.15) is 0 Å². The average molecular weight is 523 g/mol. The first-order valence-electron chi connectivity index (χ1n) is 14.6. The number of hydrogen-bond donors (Lipinski definition) is 0. The van der Waals surface area contributed by atoms with Crippen LogP contribution in [0.25, 0.3) is 11.1 Å². The number of anilines is 4. The van der Waals surface area contributed by atoms with Crippen LogP contribution in [0.5, 0.6) is 0 Å². The molecule has 0 saturated carbocycles. The Labute approximate surface area is 239 Å². The van der Waals surface area contributed by atoms with Crippen LogP contribution in [0.4, 0.5) is 22.7 Å². The molecule has 4 aromatic rings. The molecule has 200 valence electrons. The number of allylic oxidation sites excluding steroid dienone is 3. The quantitative estimate of drug-likeness (QED) is 0.223. The molecule has 40 heavy (non-hydrogen) atoms. The van der Waals surface area contributed by atoms with Crippen molar-refractivity contribution in [2.24, 2.45) is 0 Å². The van der Waals surface area contributed by atoms with E-state index in [-0.39, 0.29) is 0 Å². The molecule has 2 aliphatic carbocycles. The summed E-state index contributed by atoms with van der Waals surface area (Å²) >= 11 is 0. The fourth-order valence-electron chi connectivity index (χ4n) is 6.13. The van der Waals surface area contributed by atoms with Gasteiger partial charge in [-0.2, -0.15) is 0 Å². The molecule has 0 aliphatic heterocycles. The second-order valence-corrected chi connectivity index (χ2v) is 11.1. The highest BCUT2D eigenvalue weighted by Crippen LogP contribution is 2.37. The van der Waals surface area contributed by atoms with Crippen LogP contribution in [0.3, 0.4) is 0 Å². The third-order valence-corrected chi connectivity index (χ3v) is 8.12. The van der Waals surface area contributed by atoms with Crippen LogP contribution in [0.2, 0.25) is 0 Å². The van der Waals surface area contributed by atoms with Gasteiger partial charge in [0, 0.05) is 28.8 Å². The lowest BCUT2D eigenvalue weighted by Gasteiger charge is -2.40. The first kappa shape index (κ1) is 26.0. The fraction of sp³-hybridized carbons (Fsp3) is 0.211. The summed E-state index contributed by atoms with van der Waals surface area (Å²) in [5, 5.41) is 0. The van der Waals surface area contributed by atoms with Crippen molar-refractivity contribution >= 4 is 22.7 Å². The zero-order chi connectivity index (χ0) is 27.3. The van der Waals surface area contributed by atoms with E-state index in [9.17, 15) is 0 Å². The van der Waals surface area contributed by atoms with Crippen molar-refractivity contribution < 1.29 is 0 Å². The minimum absolute atomic E-state index is 0.396. The van der Waals surface area contributed by atoms with Crippen molar-refractivity contribution in [2.45, 2.75) is 51.6 Å². The summed E-state index contributed by atoms with van der Waals surface area (Å²) < 4.78 is 0. The standard InChI is InChI=1S/C38H38N2/c1-29-11-9-17-37(27-29)39(33-13-5-3-6-14-33)35-23-19-31(20-24-35)32-21-25-36(26-22-32)40(34-15-7-4-8-16-34)38-18-10-12-30(2)28-38/h3-9,11,13-15,17,19-28,34,38H,10,12,16,18H2,1-2H3. The number of hydrogen-bond acceptors (Lipinski definition) is 2. The van der Waals surface area contributed by atoms with Gasteiger partial charge in [-0.25, -0.2) is 0 Å². The maximum Gasteiger partial charge on any atom is 0.0516 e. The van der Waals surface area contributed by atoms with E-state index in [1.165, 1.54) is 52.9 Å². The molecule has 0 fully saturated rings. The molecule has 6 rings (SSSR count). The molecule has 2 aliphatic rings. The topological polar surface area (TPSA) is 6.48 Å². The van der Waals surface area contributed by atoms with Gasteiger partial charge in [-0.3, -0.25) is 0 Å². The molecule has 0 radical (unpaired) electrons. The molecule has 0 saturated heterocycles. The lowest BCUT2D eigenvalue weighted by atomic mass is 9.92. The van der Waals surface area contributed by atoms with Crippen molar-refractivity contribution in [2.75, 3.05) is 9.80 Å². The van der Waals surface area contributed by atoms with E-state index in [4.69, 9.17) is 0 Å². The van der Waals surface area contributed by atoms with Crippen molar-refractivity contribution in [1.82, 2.24) is 0 Å². The van der Waals surface area contributed by atoms with Crippen molar-refractivity contribution in [1.29, 1.82) is 0 Å². The normalized spacial score (nSPS) is 18.3. The smallest absolute Gasteiger partial charge is 0.0516 e. The van der Waals surface area contributed by atoms with Crippen LogP contribution in [0.1, 0.15) is 38.2 Å². The summed E-state index contributed by atoms with van der Waals surface area (Å²) in [5.74, 6) is 0. The molecule has 2 heteroatoms. The molecule has 2 nitrogen and oxygen atoms in total. The Bertz CT molecular complexity index is 1510. The highest BCUT2D eigenvalue weighted by Gasteiger charge is 2.25. The Kier molecular flexibility index (Phi) is 7.68. The molecule has 4 aromatic carbocycles. The maximum absolute atomic E-state index is 2.63. The minimum atomic E-state index is 0.396. The number of rotatable bonds is 7. The fourth-order valence-corrected chi connectivity index (χ4v) is 6.13. The molecular formula is C38H38N2. The van der Waals surface area contributed by atoms with Gasteiger partial charge < -0.3 is 9.80 Å². The molecule has 0 N–H and O–H groups in total. The predicted octanol–water partition coefficient (Wildman–Crippen LogP) is 10.3. The first-order valence-corrected chi connectivity index (χ1v) is 14.6. The Morgan fingerprint density at radius 1 is 0.625 bits per heavy atom. The minimum Gasteiger partial charge on any atom is -0.358 e. The zero-order valence-corrected chi connectivity index (χ0v) is 23.6. The van der Waals surface area contributed by atoms with Gasteiger partial charge in [0.2, 0.25) is 0 Å². The largest absolute Gasteiger partial charge is 0.358 e. The van der Waals surface area contributed by atoms with Crippen LogP contribution in [0, 0.1) is 6.92 Å². The number of nitrogens with zero attached hydrogens (tertiary/aromatic N) is 2. The van der Waals surface area contributed by atoms with Crippen molar-refractivity contribution in [3.05, 3.63) is 145 Å². The van der Waals surface area contributed by atoms with E-state index < -0.39 is 0 Å². The third kappa shape index (κ3) is 5.67. The van der Waals surface area contributed by atoms with E-state index in [2.05, 4.69) is 157 Å². The molecule has 0 amide bonds. The van der Waals surface area contributed by atoms with E-state index in [0.717, 1.165) is 17.8 Å². The summed E-state index contributed by atoms with van der Waals surface area (Å²) in [6.07, 6.45) is 16.3. The van der Waals surface area contributed by atoms with E-state index >= 15 is 0 Å². The van der Waals surface area contributed by atoms with Gasteiger partial charge in [0.05, 0.1) is 6.04 Å². The predicted molar refractivity (Wildman–Crippen MR) is 172 cm³/mol. The molecule has 0 spiro atoms. The van der Waals surface area contributed by atoms with Gasteiger partial charge in [-0.05, 0) is 105 Å². The van der Waals surface area contributed by atoms with Gasteiger partial charge in [-0.15, -0.1) is 0 Å². The summed E-state index contributed by atoms with van der Waals surface area (Å²) in [6.45, 7) is 4.43. The summed E-state index contributed by atoms with van der Waals surface area (Å²) in [7, 11) is 0. The molecule has 0 bridgehead atoms. The SMILES string of the molecule is CC1=CC(N(c2ccc(-c3ccc(N(c4ccccc4)c4cccc(C)c4)cc3)cc2)C2C=CC=CC2)CCC1. The Morgan fingerprint density at radius 2 is 1.30 bits per heavy atom. The van der Waals surface area contributed by atoms with Crippen molar-refractivity contribution in [3.63, 3.8) is 0 Å². The Balaban J connectivity index is 1.28. The Morgan fingerprint density at radius 3 is 1.95 bits per heavy atom. The summed E-state index contributed by atoms with van der Waals surface area (Å²) in [6, 6.07) is 38.3. The molecule has 0 heterocycles. The van der Waals surface area contributed by atoms with Crippen LogP contribution < -0.4 is 9.80 Å². The highest BCUT2D eigenvalue weighted by atomic mass is 15.2. The molecular weight excluding hydrogens is 484 g/mol. The van der Waals surface area contributed by atoms with E-state index in [1.807, 2.05) is 0 Å². The van der Waals surface area contributed by atoms with Gasteiger partial charge >= 0.3 is 0 Å². The van der Waals surface area contributed by atoms with Gasteiger partial charge in [0.25, 0.3) is 0 Å². The maximum atomic E-state index is 2.63. The summed E-state index contributed by atoms with van der Waals surface area (Å²) in [4.78, 5) is 4.96. The molecule has 0 aromatic heterocycles. The monoisotopic (exact) mass is 522 g/mol. The number of para-hydroxylation sites is 1. The second-order valence-electron chi connectivity index (χ2n) is 11.1. The molecule has 2 atom stereocenters. The third-order valence-electron chi connectivity index (χ3n) is 8.12. The number of aryl methyl sites for hydroxylation is 1. The lowest BCUT2D eigenvalue weighted by molar-refractivity contribution is 0.540. The van der Waals surface area contributed by atoms with Gasteiger partial charge in [0.15, 0.2) is 0 Å². The summed E-state index contributed by atoms with van der Waals surface area (Å²) in [5.41, 5.74) is 10.0. The van der Waals surface area contributed by atoms with Crippen molar-refractivity contribution in [3.8, 4) is 11.1 Å². The van der Waals surface area contributed by atoms with Crippen LogP contribution in [-0.4, -0.2) is 12.1 Å². The highest BCUT2D eigenvalue weighted by molar-refractivity contribution is 5.78. The van der Waals surface area contributed by atoms with Crippen LogP contribution >= 0.6 is 0 Å². The lowest BCUT2D eigenvalue weighted by Crippen LogP contribution is -2.42. The van der Waals surface area contributed by atoms with E-state index in [1.54, 1.807) is 0 Å². The zero-order valence-electron chi connectivity index (χ0n) is 23.6. The van der Waals surface area contributed by atoms with Crippen LogP contribution in [0.15, 0.2) is 139 Å². The van der Waals surface area contributed by atoms with Gasteiger partial charge in [-0.1, -0.05) is 90.6 Å². The van der Waals surface area contributed by atoms with Crippen LogP contribution in [-0.2, 0) is 0 Å². The second kappa shape index (κ2) is 11.8. The van der Waals surface area contributed by atoms with E-state index in [0.29, 0.717) is 12.1 Å². The number of benzene rings is 4. The average Bonchev–Trinajstić information content (AvgIpc) is 3.00. The first-order chi connectivity index (χ1) is 19.7. The Hall–Kier alpha value is -4.30. The molecule has 2 unspecified atom stereocenters.